The van der Waals surface area contributed by atoms with Gasteiger partial charge in [0.25, 0.3) is 0 Å². The zero-order valence-corrected chi connectivity index (χ0v) is 17.9. The van der Waals surface area contributed by atoms with Crippen LogP contribution in [0.3, 0.4) is 0 Å². The summed E-state index contributed by atoms with van der Waals surface area (Å²) >= 11 is 6.47. The topological polar surface area (TPSA) is 87.0 Å². The summed E-state index contributed by atoms with van der Waals surface area (Å²) in [6, 6.07) is 5.49. The van der Waals surface area contributed by atoms with Crippen LogP contribution in [0.4, 0.5) is 16.2 Å². The van der Waals surface area contributed by atoms with Crippen LogP contribution in [0.2, 0.25) is 5.02 Å². The number of benzene rings is 1. The number of aryl methyl sites for hydroxylation is 1. The maximum absolute atomic E-state index is 12.9. The molecule has 2 fully saturated rings. The maximum atomic E-state index is 12.9. The third-order valence-electron chi connectivity index (χ3n) is 5.39. The summed E-state index contributed by atoms with van der Waals surface area (Å²) in [7, 11) is 0. The third kappa shape index (κ3) is 4.85. The predicted molar refractivity (Wildman–Crippen MR) is 114 cm³/mol. The number of para-hydroxylation sites is 1. The number of urea groups is 1. The van der Waals surface area contributed by atoms with Gasteiger partial charge in [-0.15, -0.1) is 0 Å². The second-order valence-electron chi connectivity index (χ2n) is 7.39. The largest absolute Gasteiger partial charge is 0.378 e. The summed E-state index contributed by atoms with van der Waals surface area (Å²) < 4.78 is 10.6. The van der Waals surface area contributed by atoms with Gasteiger partial charge in [-0.1, -0.05) is 29.7 Å². The van der Waals surface area contributed by atoms with E-state index in [1.54, 1.807) is 0 Å². The van der Waals surface area contributed by atoms with E-state index in [9.17, 15) is 4.79 Å². The predicted octanol–water partition coefficient (Wildman–Crippen LogP) is 2.47. The molecular weight excluding hydrogens is 408 g/mol. The minimum absolute atomic E-state index is 0.112. The number of rotatable bonds is 5. The molecule has 2 aliphatic rings. The molecule has 4 rings (SSSR count). The molecule has 0 bridgehead atoms. The second kappa shape index (κ2) is 9.63. The van der Waals surface area contributed by atoms with Crippen molar-refractivity contribution in [1.29, 1.82) is 0 Å². The van der Waals surface area contributed by atoms with Gasteiger partial charge in [-0.2, -0.15) is 4.98 Å². The Balaban J connectivity index is 1.34. The lowest BCUT2D eigenvalue weighted by atomic mass is 10.2. The zero-order chi connectivity index (χ0) is 20.9. The standard InChI is InChI=1S/C20H27ClN6O3/c1-2-18-23-17(24-30-18)14-25-6-8-27(9-7-25)20(28)22-16-5-3-4-15(21)19(16)26-10-12-29-13-11-26/h3-5H,2,6-14H2,1H3,(H,22,28). The first-order valence-corrected chi connectivity index (χ1v) is 10.7. The van der Waals surface area contributed by atoms with Crippen LogP contribution in [0, 0.1) is 0 Å². The average Bonchev–Trinajstić information content (AvgIpc) is 3.22. The lowest BCUT2D eigenvalue weighted by molar-refractivity contribution is 0.123. The number of carbonyl (C=O) groups is 1. The van der Waals surface area contributed by atoms with Gasteiger partial charge in [-0.05, 0) is 12.1 Å². The Bertz CT molecular complexity index is 862. The van der Waals surface area contributed by atoms with Gasteiger partial charge < -0.3 is 24.4 Å². The Hall–Kier alpha value is -2.36. The fourth-order valence-electron chi connectivity index (χ4n) is 3.73. The van der Waals surface area contributed by atoms with Gasteiger partial charge in [-0.3, -0.25) is 4.90 Å². The van der Waals surface area contributed by atoms with E-state index in [0.29, 0.717) is 49.6 Å². The molecule has 9 nitrogen and oxygen atoms in total. The van der Waals surface area contributed by atoms with Crippen molar-refractivity contribution in [3.05, 3.63) is 34.9 Å². The number of hydrogen-bond acceptors (Lipinski definition) is 7. The molecule has 0 saturated carbocycles. The quantitative estimate of drug-likeness (QED) is 0.773. The first-order valence-electron chi connectivity index (χ1n) is 10.3. The number of aromatic nitrogens is 2. The zero-order valence-electron chi connectivity index (χ0n) is 17.1. The number of hydrogen-bond donors (Lipinski definition) is 1. The van der Waals surface area contributed by atoms with E-state index in [0.717, 1.165) is 44.0 Å². The number of halogens is 1. The van der Waals surface area contributed by atoms with Gasteiger partial charge in [0, 0.05) is 45.7 Å². The van der Waals surface area contributed by atoms with Gasteiger partial charge in [0.05, 0.1) is 36.2 Å². The first kappa shape index (κ1) is 20.9. The molecule has 0 aliphatic carbocycles. The third-order valence-corrected chi connectivity index (χ3v) is 5.70. The van der Waals surface area contributed by atoms with Crippen molar-refractivity contribution >= 4 is 29.0 Å². The number of ether oxygens (including phenoxy) is 1. The van der Waals surface area contributed by atoms with E-state index in [4.69, 9.17) is 20.9 Å². The number of nitrogens with zero attached hydrogens (tertiary/aromatic N) is 5. The van der Waals surface area contributed by atoms with Crippen LogP contribution in [-0.4, -0.2) is 78.5 Å². The maximum Gasteiger partial charge on any atom is 0.321 e. The summed E-state index contributed by atoms with van der Waals surface area (Å²) in [5, 5.41) is 7.69. The van der Waals surface area contributed by atoms with Crippen molar-refractivity contribution in [3.8, 4) is 0 Å². The van der Waals surface area contributed by atoms with Gasteiger partial charge in [0.1, 0.15) is 0 Å². The molecule has 2 saturated heterocycles. The molecule has 10 heteroatoms. The molecular formula is C20H27ClN6O3. The highest BCUT2D eigenvalue weighted by Crippen LogP contribution is 2.34. The summed E-state index contributed by atoms with van der Waals surface area (Å²) in [6.07, 6.45) is 0.733. The van der Waals surface area contributed by atoms with Crippen LogP contribution in [0.25, 0.3) is 0 Å². The van der Waals surface area contributed by atoms with Crippen LogP contribution >= 0.6 is 11.6 Å². The van der Waals surface area contributed by atoms with Gasteiger partial charge >= 0.3 is 6.03 Å². The molecule has 2 aliphatic heterocycles. The second-order valence-corrected chi connectivity index (χ2v) is 7.79. The van der Waals surface area contributed by atoms with Crippen LogP contribution in [0.15, 0.2) is 22.7 Å². The minimum atomic E-state index is -0.112. The van der Waals surface area contributed by atoms with Crippen molar-refractivity contribution in [2.45, 2.75) is 19.9 Å². The molecule has 2 aromatic rings. The SMILES string of the molecule is CCc1nc(CN2CCN(C(=O)Nc3cccc(Cl)c3N3CCOCC3)CC2)no1. The lowest BCUT2D eigenvalue weighted by Crippen LogP contribution is -2.49. The van der Waals surface area contributed by atoms with Gasteiger partial charge in [0.15, 0.2) is 5.82 Å². The van der Waals surface area contributed by atoms with Crippen molar-refractivity contribution in [3.63, 3.8) is 0 Å². The highest BCUT2D eigenvalue weighted by molar-refractivity contribution is 6.34. The minimum Gasteiger partial charge on any atom is -0.378 e. The number of piperazine rings is 1. The molecule has 30 heavy (non-hydrogen) atoms. The Labute approximate surface area is 180 Å². The summed E-state index contributed by atoms with van der Waals surface area (Å²) in [4.78, 5) is 23.5. The Kier molecular flexibility index (Phi) is 6.71. The highest BCUT2D eigenvalue weighted by Gasteiger charge is 2.24. The molecule has 0 atom stereocenters. The van der Waals surface area contributed by atoms with E-state index in [1.807, 2.05) is 30.0 Å². The van der Waals surface area contributed by atoms with E-state index in [1.165, 1.54) is 0 Å². The molecule has 1 aromatic carbocycles. The normalized spacial score (nSPS) is 17.9. The first-order chi connectivity index (χ1) is 14.6. The summed E-state index contributed by atoms with van der Waals surface area (Å²) in [6.45, 7) is 8.22. The van der Waals surface area contributed by atoms with Crippen molar-refractivity contribution < 1.29 is 14.1 Å². The van der Waals surface area contributed by atoms with Crippen LogP contribution in [0.5, 0.6) is 0 Å². The van der Waals surface area contributed by atoms with E-state index in [2.05, 4.69) is 25.3 Å². The van der Waals surface area contributed by atoms with E-state index < -0.39 is 0 Å². The Morgan fingerprint density at radius 1 is 1.17 bits per heavy atom. The fraction of sp³-hybridized carbons (Fsp3) is 0.550. The number of nitrogens with one attached hydrogen (secondary N) is 1. The molecule has 162 valence electrons. The smallest absolute Gasteiger partial charge is 0.321 e. The molecule has 0 unspecified atom stereocenters. The highest BCUT2D eigenvalue weighted by atomic mass is 35.5. The Morgan fingerprint density at radius 2 is 1.93 bits per heavy atom. The van der Waals surface area contributed by atoms with E-state index >= 15 is 0 Å². The number of morpholine rings is 1. The number of anilines is 2. The number of amides is 2. The average molecular weight is 435 g/mol. The van der Waals surface area contributed by atoms with Crippen molar-refractivity contribution in [1.82, 2.24) is 19.9 Å². The molecule has 0 radical (unpaired) electrons. The van der Waals surface area contributed by atoms with Crippen LogP contribution in [0.1, 0.15) is 18.6 Å². The molecule has 3 heterocycles. The van der Waals surface area contributed by atoms with Crippen LogP contribution < -0.4 is 10.2 Å². The fourth-order valence-corrected chi connectivity index (χ4v) is 4.02. The lowest BCUT2D eigenvalue weighted by Gasteiger charge is -2.35. The molecule has 1 aromatic heterocycles. The van der Waals surface area contributed by atoms with Crippen molar-refractivity contribution in [2.75, 3.05) is 62.7 Å². The van der Waals surface area contributed by atoms with Gasteiger partial charge in [-0.25, -0.2) is 4.79 Å². The van der Waals surface area contributed by atoms with E-state index in [-0.39, 0.29) is 6.03 Å². The summed E-state index contributed by atoms with van der Waals surface area (Å²) in [5.74, 6) is 1.35. The molecule has 0 spiro atoms. The Morgan fingerprint density at radius 3 is 2.63 bits per heavy atom. The van der Waals surface area contributed by atoms with Crippen LogP contribution in [-0.2, 0) is 17.7 Å². The number of carbonyl (C=O) groups excluding carboxylic acids is 1. The van der Waals surface area contributed by atoms with Crippen molar-refractivity contribution in [2.24, 2.45) is 0 Å². The molecule has 1 N–H and O–H groups in total. The summed E-state index contributed by atoms with van der Waals surface area (Å²) in [5.41, 5.74) is 1.59. The van der Waals surface area contributed by atoms with Gasteiger partial charge in [0.2, 0.25) is 5.89 Å². The monoisotopic (exact) mass is 434 g/mol. The molecule has 2 amide bonds.